The van der Waals surface area contributed by atoms with E-state index in [0.29, 0.717) is 35.8 Å². The fourth-order valence-electron chi connectivity index (χ4n) is 2.78. The third-order valence-corrected chi connectivity index (χ3v) is 3.99. The van der Waals surface area contributed by atoms with Crippen LogP contribution in [0.5, 0.6) is 11.5 Å². The highest BCUT2D eigenvalue weighted by atomic mass is 31.0. The maximum Gasteiger partial charge on any atom is 0.427 e. The smallest absolute Gasteiger partial charge is 0.427 e. The maximum absolute atomic E-state index is 11.6. The normalized spacial score (nSPS) is 23.7. The van der Waals surface area contributed by atoms with Crippen LogP contribution in [0.1, 0.15) is 5.56 Å². The fourth-order valence-corrected chi connectivity index (χ4v) is 3.14. The summed E-state index contributed by atoms with van der Waals surface area (Å²) in [7, 11) is 3.32. The van der Waals surface area contributed by atoms with E-state index in [9.17, 15) is 9.90 Å². The molecule has 3 aliphatic heterocycles. The molecule has 20 heavy (non-hydrogen) atoms. The number of benzene rings is 1. The molecule has 0 unspecified atom stereocenters. The van der Waals surface area contributed by atoms with Crippen molar-refractivity contribution < 1.29 is 24.1 Å². The van der Waals surface area contributed by atoms with Gasteiger partial charge in [-0.25, -0.2) is 9.80 Å². The number of nitrogens with zero attached hydrogens (tertiary/aromatic N) is 2. The number of ether oxygens (including phenoxy) is 3. The number of carboxylic acid groups (broad SMARTS) is 1. The van der Waals surface area contributed by atoms with Gasteiger partial charge in [0.1, 0.15) is 0 Å². The summed E-state index contributed by atoms with van der Waals surface area (Å²) in [4.78, 5) is 11.6. The lowest BCUT2D eigenvalue weighted by Crippen LogP contribution is -2.54. The minimum Gasteiger partial charge on any atom is -0.464 e. The van der Waals surface area contributed by atoms with E-state index >= 15 is 0 Å². The van der Waals surface area contributed by atoms with Gasteiger partial charge in [-0.1, -0.05) is 8.86 Å². The highest BCUT2D eigenvalue weighted by molar-refractivity contribution is 7.20. The Hall–Kier alpha value is -1.82. The Kier molecular flexibility index (Phi) is 2.44. The minimum atomic E-state index is -1.07. The molecule has 1 aromatic carbocycles. The highest BCUT2D eigenvalue weighted by Gasteiger charge is 2.43. The second-order valence-electron chi connectivity index (χ2n) is 4.75. The van der Waals surface area contributed by atoms with Crippen molar-refractivity contribution in [3.63, 3.8) is 0 Å². The topological polar surface area (TPSA) is 71.5 Å². The first-order valence-electron chi connectivity index (χ1n) is 6.11. The van der Waals surface area contributed by atoms with Crippen LogP contribution in [0.4, 0.5) is 10.5 Å². The highest BCUT2D eigenvalue weighted by Crippen LogP contribution is 2.43. The van der Waals surface area contributed by atoms with Gasteiger partial charge in [0, 0.05) is 6.07 Å². The Balaban J connectivity index is 1.87. The number of rotatable bonds is 0. The van der Waals surface area contributed by atoms with Crippen molar-refractivity contribution in [1.82, 2.24) is 5.01 Å². The summed E-state index contributed by atoms with van der Waals surface area (Å²) in [5.41, 5.74) is 1.88. The van der Waals surface area contributed by atoms with Gasteiger partial charge in [-0.05, 0) is 18.1 Å². The Labute approximate surface area is 116 Å². The van der Waals surface area contributed by atoms with Gasteiger partial charge in [-0.2, -0.15) is 0 Å². The van der Waals surface area contributed by atoms with Gasteiger partial charge >= 0.3 is 6.09 Å². The third-order valence-electron chi connectivity index (χ3n) is 3.62. The van der Waals surface area contributed by atoms with E-state index < -0.39 is 6.09 Å². The summed E-state index contributed by atoms with van der Waals surface area (Å²) in [6.07, 6.45) is -0.389. The van der Waals surface area contributed by atoms with Crippen molar-refractivity contribution in [2.45, 2.75) is 12.5 Å². The molecule has 0 aromatic heterocycles. The molecule has 0 saturated carbocycles. The Bertz CT molecular complexity index is 635. The monoisotopic (exact) mass is 294 g/mol. The molecule has 1 fully saturated rings. The summed E-state index contributed by atoms with van der Waals surface area (Å²) < 4.78 is 16.1. The second-order valence-corrected chi connectivity index (χ2v) is 5.17. The van der Waals surface area contributed by atoms with E-state index in [1.54, 1.807) is 11.1 Å². The summed E-state index contributed by atoms with van der Waals surface area (Å²) in [6.45, 7) is 0.605. The van der Waals surface area contributed by atoms with Gasteiger partial charge in [-0.15, -0.1) is 5.01 Å². The van der Waals surface area contributed by atoms with Gasteiger partial charge in [0.25, 0.3) is 0 Å². The van der Waals surface area contributed by atoms with Gasteiger partial charge < -0.3 is 19.3 Å². The number of amides is 1. The lowest BCUT2D eigenvalue weighted by atomic mass is 10.0. The average Bonchev–Trinajstić information content (AvgIpc) is 3.00. The fraction of sp³-hybridized carbons (Fsp3) is 0.333. The number of hydrogen-bond acceptors (Lipinski definition) is 4. The zero-order chi connectivity index (χ0) is 13.9. The van der Waals surface area contributed by atoms with E-state index in [4.69, 9.17) is 14.2 Å². The third kappa shape index (κ3) is 1.54. The molecule has 1 saturated heterocycles. The molecule has 3 heterocycles. The minimum absolute atomic E-state index is 0.0496. The number of hydrogen-bond donors (Lipinski definition) is 1. The van der Waals surface area contributed by atoms with E-state index in [-0.39, 0.29) is 12.8 Å². The summed E-state index contributed by atoms with van der Waals surface area (Å²) in [5, 5.41) is 12.3. The molecule has 0 spiro atoms. The van der Waals surface area contributed by atoms with Crippen LogP contribution in [-0.2, 0) is 11.2 Å². The molecule has 0 aliphatic carbocycles. The zero-order valence-corrected chi connectivity index (χ0v) is 11.3. The largest absolute Gasteiger partial charge is 0.464 e. The van der Waals surface area contributed by atoms with Gasteiger partial charge in [-0.3, -0.25) is 0 Å². The van der Waals surface area contributed by atoms with E-state index in [1.165, 1.54) is 5.01 Å². The number of carbonyl (C=O) groups is 1. The number of anilines is 1. The van der Waals surface area contributed by atoms with Gasteiger partial charge in [0.15, 0.2) is 17.1 Å². The predicted octanol–water partition coefficient (Wildman–Crippen LogP) is 1.30. The molecular weight excluding hydrogens is 283 g/mol. The molecule has 0 radical (unpaired) electrons. The molecule has 7 nitrogen and oxygen atoms in total. The number of hydrazine groups is 1. The van der Waals surface area contributed by atoms with Crippen molar-refractivity contribution in [1.29, 1.82) is 0 Å². The molecule has 1 N–H and O–H groups in total. The molecule has 104 valence electrons. The van der Waals surface area contributed by atoms with Crippen LogP contribution in [0, 0.1) is 0 Å². The zero-order valence-electron chi connectivity index (χ0n) is 10.3. The predicted molar refractivity (Wildman–Crippen MR) is 71.7 cm³/mol. The van der Waals surface area contributed by atoms with Crippen molar-refractivity contribution in [2.75, 3.05) is 18.4 Å². The first kappa shape index (κ1) is 12.0. The van der Waals surface area contributed by atoms with Crippen LogP contribution in [0.15, 0.2) is 12.1 Å². The molecule has 1 atom stereocenters. The maximum atomic E-state index is 11.6. The quantitative estimate of drug-likeness (QED) is 0.727. The van der Waals surface area contributed by atoms with E-state index in [2.05, 4.69) is 8.86 Å². The van der Waals surface area contributed by atoms with Gasteiger partial charge in [0.05, 0.1) is 18.3 Å². The lowest BCUT2D eigenvalue weighted by Gasteiger charge is -2.38. The molecule has 1 aromatic rings. The Morgan fingerprint density at radius 1 is 1.30 bits per heavy atom. The Morgan fingerprint density at radius 2 is 2.05 bits per heavy atom. The molecule has 0 bridgehead atoms. The van der Waals surface area contributed by atoms with Crippen molar-refractivity contribution >= 4 is 26.2 Å². The summed E-state index contributed by atoms with van der Waals surface area (Å²) in [6, 6.07) is 3.49. The van der Waals surface area contributed by atoms with Gasteiger partial charge in [0.2, 0.25) is 6.79 Å². The first-order valence-corrected chi connectivity index (χ1v) is 6.61. The molecule has 3 aliphatic rings. The standard InChI is InChI=1S/C12H11N2O5P/c15-11(16)14-8-3-10-9(18-5-19-10)2-6(8)1-7-4-17-12(20)13(7)14/h2-3,7,20H,1,4-5H2,(H,15,16)/t7-/m1/s1. The summed E-state index contributed by atoms with van der Waals surface area (Å²) in [5.74, 6) is 1.22. The van der Waals surface area contributed by atoms with E-state index in [0.717, 1.165) is 5.56 Å². The summed E-state index contributed by atoms with van der Waals surface area (Å²) >= 11 is 0. The molecular formula is C12H11N2O5P. The number of fused-ring (bicyclic) bond motifs is 3. The molecule has 8 heteroatoms. The second kappa shape index (κ2) is 4.09. The first-order chi connectivity index (χ1) is 9.65. The SMILES string of the molecule is O=C(O)N1c2cc3c(cc2C[C@@H]2COC(=P)N21)OCO3. The molecule has 1 amide bonds. The van der Waals surface area contributed by atoms with Crippen LogP contribution in [0.2, 0.25) is 0 Å². The van der Waals surface area contributed by atoms with Crippen molar-refractivity contribution in [3.05, 3.63) is 17.7 Å². The van der Waals surface area contributed by atoms with E-state index in [1.807, 2.05) is 6.07 Å². The van der Waals surface area contributed by atoms with Crippen LogP contribution in [0.25, 0.3) is 0 Å². The Morgan fingerprint density at radius 3 is 2.80 bits per heavy atom. The van der Waals surface area contributed by atoms with Crippen LogP contribution in [0.3, 0.4) is 0 Å². The van der Waals surface area contributed by atoms with Crippen LogP contribution >= 0.6 is 8.86 Å². The van der Waals surface area contributed by atoms with Crippen LogP contribution in [-0.4, -0.2) is 41.3 Å². The molecule has 4 rings (SSSR count). The van der Waals surface area contributed by atoms with Crippen molar-refractivity contribution in [3.8, 4) is 11.5 Å². The van der Waals surface area contributed by atoms with Crippen LogP contribution < -0.4 is 14.5 Å². The van der Waals surface area contributed by atoms with Crippen molar-refractivity contribution in [2.24, 2.45) is 0 Å². The lowest BCUT2D eigenvalue weighted by molar-refractivity contribution is 0.174. The average molecular weight is 294 g/mol.